The lowest BCUT2D eigenvalue weighted by Gasteiger charge is -2.12. The lowest BCUT2D eigenvalue weighted by Crippen LogP contribution is -2.24. The predicted octanol–water partition coefficient (Wildman–Crippen LogP) is 4.02. The number of hydrazone groups is 1. The first-order valence-corrected chi connectivity index (χ1v) is 8.22. The molecule has 6 nitrogen and oxygen atoms in total. The van der Waals surface area contributed by atoms with Crippen LogP contribution in [-0.4, -0.2) is 31.7 Å². The van der Waals surface area contributed by atoms with Crippen LogP contribution in [-0.2, 0) is 0 Å². The Labute approximate surface area is 161 Å². The molecular formula is C18H19F2N3O3S. The summed E-state index contributed by atoms with van der Waals surface area (Å²) in [6.07, 6.45) is 0. The van der Waals surface area contributed by atoms with Crippen molar-refractivity contribution in [3.05, 3.63) is 48.0 Å². The molecule has 144 valence electrons. The van der Waals surface area contributed by atoms with E-state index in [1.54, 1.807) is 38.3 Å². The van der Waals surface area contributed by atoms with Gasteiger partial charge in [0.1, 0.15) is 5.75 Å². The molecule has 0 spiro atoms. The Bertz CT molecular complexity index is 814. The van der Waals surface area contributed by atoms with E-state index in [4.69, 9.17) is 21.7 Å². The Morgan fingerprint density at radius 3 is 2.33 bits per heavy atom. The van der Waals surface area contributed by atoms with Crippen molar-refractivity contribution in [2.75, 3.05) is 19.5 Å². The standard InChI is InChI=1S/C18H19F2N3O3S/c1-11(12-4-9-15(26-17(19)20)16(10-12)25-3)22-23-18(27)21-13-5-7-14(24-2)8-6-13/h4-10,17H,1-3H3,(H2,21,23,27)/b22-11-. The highest BCUT2D eigenvalue weighted by Crippen LogP contribution is 2.29. The van der Waals surface area contributed by atoms with Gasteiger partial charge in [-0.25, -0.2) is 0 Å². The average Bonchev–Trinajstić information content (AvgIpc) is 2.66. The number of alkyl halides is 2. The van der Waals surface area contributed by atoms with E-state index >= 15 is 0 Å². The van der Waals surface area contributed by atoms with Crippen molar-refractivity contribution in [1.82, 2.24) is 5.43 Å². The maximum Gasteiger partial charge on any atom is 0.387 e. The Morgan fingerprint density at radius 2 is 1.74 bits per heavy atom. The van der Waals surface area contributed by atoms with E-state index in [1.165, 1.54) is 13.2 Å². The summed E-state index contributed by atoms with van der Waals surface area (Å²) in [6.45, 7) is -1.19. The molecule has 0 aliphatic carbocycles. The van der Waals surface area contributed by atoms with Crippen LogP contribution in [0.15, 0.2) is 47.6 Å². The van der Waals surface area contributed by atoms with E-state index in [2.05, 4.69) is 20.6 Å². The van der Waals surface area contributed by atoms with Crippen molar-refractivity contribution in [2.45, 2.75) is 13.5 Å². The highest BCUT2D eigenvalue weighted by molar-refractivity contribution is 7.80. The smallest absolute Gasteiger partial charge is 0.387 e. The summed E-state index contributed by atoms with van der Waals surface area (Å²) < 4.78 is 39.3. The molecule has 2 N–H and O–H groups in total. The van der Waals surface area contributed by atoms with Crippen LogP contribution in [0.5, 0.6) is 17.2 Å². The molecule has 0 atom stereocenters. The molecule has 0 heterocycles. The van der Waals surface area contributed by atoms with Gasteiger partial charge in [-0.05, 0) is 61.6 Å². The molecule has 0 fully saturated rings. The van der Waals surface area contributed by atoms with Crippen LogP contribution in [0.3, 0.4) is 0 Å². The number of hydrogen-bond acceptors (Lipinski definition) is 5. The van der Waals surface area contributed by atoms with Gasteiger partial charge in [-0.3, -0.25) is 5.43 Å². The number of ether oxygens (including phenoxy) is 3. The summed E-state index contributed by atoms with van der Waals surface area (Å²) in [5, 5.41) is 7.46. The molecule has 27 heavy (non-hydrogen) atoms. The van der Waals surface area contributed by atoms with Crippen molar-refractivity contribution in [1.29, 1.82) is 0 Å². The lowest BCUT2D eigenvalue weighted by atomic mass is 10.1. The number of benzene rings is 2. The van der Waals surface area contributed by atoms with Crippen LogP contribution in [0.2, 0.25) is 0 Å². The van der Waals surface area contributed by atoms with Gasteiger partial charge in [0.05, 0.1) is 19.9 Å². The fourth-order valence-electron chi connectivity index (χ4n) is 2.12. The summed E-state index contributed by atoms with van der Waals surface area (Å²) in [5.41, 5.74) is 4.74. The number of halogens is 2. The third-order valence-corrected chi connectivity index (χ3v) is 3.66. The zero-order valence-electron chi connectivity index (χ0n) is 15.0. The Kier molecular flexibility index (Phi) is 7.30. The molecule has 0 radical (unpaired) electrons. The second-order valence-corrected chi connectivity index (χ2v) is 5.64. The van der Waals surface area contributed by atoms with Crippen LogP contribution in [0, 0.1) is 0 Å². The molecule has 0 bridgehead atoms. The molecule has 0 aromatic heterocycles. The zero-order chi connectivity index (χ0) is 19.8. The summed E-state index contributed by atoms with van der Waals surface area (Å²) >= 11 is 5.19. The van der Waals surface area contributed by atoms with Gasteiger partial charge in [-0.1, -0.05) is 0 Å². The van der Waals surface area contributed by atoms with E-state index in [9.17, 15) is 8.78 Å². The predicted molar refractivity (Wildman–Crippen MR) is 104 cm³/mol. The zero-order valence-corrected chi connectivity index (χ0v) is 15.8. The average molecular weight is 395 g/mol. The SMILES string of the molecule is COc1ccc(NC(=S)N/N=C(/C)c2ccc(OC(F)F)c(OC)c2)cc1. The number of hydrogen-bond donors (Lipinski definition) is 2. The molecule has 0 aliphatic rings. The maximum atomic E-state index is 12.4. The molecule has 2 aromatic carbocycles. The largest absolute Gasteiger partial charge is 0.497 e. The fourth-order valence-corrected chi connectivity index (χ4v) is 2.28. The maximum absolute atomic E-state index is 12.4. The van der Waals surface area contributed by atoms with E-state index in [0.717, 1.165) is 11.4 Å². The molecule has 0 unspecified atom stereocenters. The third-order valence-electron chi connectivity index (χ3n) is 3.47. The number of nitrogens with one attached hydrogen (secondary N) is 2. The van der Waals surface area contributed by atoms with Gasteiger partial charge in [0.25, 0.3) is 0 Å². The number of methoxy groups -OCH3 is 2. The van der Waals surface area contributed by atoms with Crippen LogP contribution < -0.4 is 25.0 Å². The number of thiocarbonyl (C=S) groups is 1. The quantitative estimate of drug-likeness (QED) is 0.420. The number of anilines is 1. The summed E-state index contributed by atoms with van der Waals surface area (Å²) in [6, 6.07) is 11.8. The molecule has 2 aromatic rings. The molecule has 9 heteroatoms. The van der Waals surface area contributed by atoms with Crippen LogP contribution in [0.25, 0.3) is 0 Å². The van der Waals surface area contributed by atoms with Crippen molar-refractivity contribution in [3.8, 4) is 17.2 Å². The first-order chi connectivity index (χ1) is 12.9. The van der Waals surface area contributed by atoms with Gasteiger partial charge in [-0.2, -0.15) is 13.9 Å². The molecule has 2 rings (SSSR count). The van der Waals surface area contributed by atoms with E-state index < -0.39 is 6.61 Å². The Hall–Kier alpha value is -2.94. The third kappa shape index (κ3) is 6.07. The highest BCUT2D eigenvalue weighted by atomic mass is 32.1. The van der Waals surface area contributed by atoms with Crippen molar-refractivity contribution < 1.29 is 23.0 Å². The van der Waals surface area contributed by atoms with Gasteiger partial charge < -0.3 is 19.5 Å². The summed E-state index contributed by atoms with van der Waals surface area (Å²) in [5.74, 6) is 0.872. The minimum Gasteiger partial charge on any atom is -0.497 e. The van der Waals surface area contributed by atoms with Gasteiger partial charge in [0.15, 0.2) is 16.6 Å². The highest BCUT2D eigenvalue weighted by Gasteiger charge is 2.12. The summed E-state index contributed by atoms with van der Waals surface area (Å²) in [7, 11) is 2.96. The first kappa shape index (κ1) is 20.4. The van der Waals surface area contributed by atoms with Crippen molar-refractivity contribution >= 4 is 28.7 Å². The second-order valence-electron chi connectivity index (χ2n) is 5.24. The van der Waals surface area contributed by atoms with Gasteiger partial charge >= 0.3 is 6.61 Å². The number of rotatable bonds is 7. The van der Waals surface area contributed by atoms with Gasteiger partial charge in [0.2, 0.25) is 0 Å². The molecule has 0 aliphatic heterocycles. The summed E-state index contributed by atoms with van der Waals surface area (Å²) in [4.78, 5) is 0. The fraction of sp³-hybridized carbons (Fsp3) is 0.222. The van der Waals surface area contributed by atoms with Crippen LogP contribution >= 0.6 is 12.2 Å². The van der Waals surface area contributed by atoms with Crippen LogP contribution in [0.4, 0.5) is 14.5 Å². The van der Waals surface area contributed by atoms with Crippen LogP contribution in [0.1, 0.15) is 12.5 Å². The molecule has 0 saturated carbocycles. The van der Waals surface area contributed by atoms with E-state index in [1.807, 2.05) is 12.1 Å². The molecule has 0 saturated heterocycles. The monoisotopic (exact) mass is 395 g/mol. The number of nitrogens with zero attached hydrogens (tertiary/aromatic N) is 1. The van der Waals surface area contributed by atoms with E-state index in [0.29, 0.717) is 16.4 Å². The van der Waals surface area contributed by atoms with E-state index in [-0.39, 0.29) is 11.5 Å². The topological polar surface area (TPSA) is 64.1 Å². The molecular weight excluding hydrogens is 376 g/mol. The minimum absolute atomic E-state index is 0.0475. The Morgan fingerprint density at radius 1 is 1.04 bits per heavy atom. The second kappa shape index (κ2) is 9.67. The first-order valence-electron chi connectivity index (χ1n) is 7.81. The van der Waals surface area contributed by atoms with Crippen molar-refractivity contribution in [2.24, 2.45) is 5.10 Å². The molecule has 0 amide bonds. The normalized spacial score (nSPS) is 11.1. The van der Waals surface area contributed by atoms with Crippen molar-refractivity contribution in [3.63, 3.8) is 0 Å². The van der Waals surface area contributed by atoms with Gasteiger partial charge in [-0.15, -0.1) is 0 Å². The minimum atomic E-state index is -2.93. The Balaban J connectivity index is 2.02. The lowest BCUT2D eigenvalue weighted by molar-refractivity contribution is -0.0512. The van der Waals surface area contributed by atoms with Gasteiger partial charge in [0, 0.05) is 11.3 Å².